The SMILES string of the molecule is Cc1ccc(CNCCS(C)(=O)=O)s1. The predicted octanol–water partition coefficient (Wildman–Crippen LogP) is 1.19. The molecule has 0 atom stereocenters. The molecule has 0 spiro atoms. The lowest BCUT2D eigenvalue weighted by Crippen LogP contribution is -2.21. The van der Waals surface area contributed by atoms with E-state index in [-0.39, 0.29) is 5.75 Å². The van der Waals surface area contributed by atoms with Gasteiger partial charge < -0.3 is 5.32 Å². The van der Waals surface area contributed by atoms with Crippen LogP contribution in [-0.4, -0.2) is 27.0 Å². The molecule has 80 valence electrons. The highest BCUT2D eigenvalue weighted by Gasteiger charge is 2.01. The quantitative estimate of drug-likeness (QED) is 0.777. The average molecular weight is 233 g/mol. The summed E-state index contributed by atoms with van der Waals surface area (Å²) < 4.78 is 21.6. The molecule has 0 aromatic carbocycles. The first-order chi connectivity index (χ1) is 6.47. The standard InChI is InChI=1S/C9H15NO2S2/c1-8-3-4-9(13-8)7-10-5-6-14(2,11)12/h3-4,10H,5-7H2,1-2H3. The van der Waals surface area contributed by atoms with Crippen LogP contribution in [0.15, 0.2) is 12.1 Å². The summed E-state index contributed by atoms with van der Waals surface area (Å²) in [7, 11) is -2.83. The molecule has 0 fully saturated rings. The van der Waals surface area contributed by atoms with Gasteiger partial charge >= 0.3 is 0 Å². The minimum atomic E-state index is -2.83. The summed E-state index contributed by atoms with van der Waals surface area (Å²) in [6.45, 7) is 3.34. The van der Waals surface area contributed by atoms with E-state index in [4.69, 9.17) is 0 Å². The van der Waals surface area contributed by atoms with E-state index in [1.807, 2.05) is 0 Å². The molecule has 0 saturated heterocycles. The molecule has 0 aliphatic rings. The van der Waals surface area contributed by atoms with E-state index < -0.39 is 9.84 Å². The predicted molar refractivity (Wildman–Crippen MR) is 60.5 cm³/mol. The zero-order chi connectivity index (χ0) is 10.6. The van der Waals surface area contributed by atoms with E-state index >= 15 is 0 Å². The Bertz CT molecular complexity index is 381. The minimum Gasteiger partial charge on any atom is -0.311 e. The van der Waals surface area contributed by atoms with Crippen LogP contribution in [-0.2, 0) is 16.4 Å². The molecule has 1 aromatic heterocycles. The third-order valence-corrected chi connectivity index (χ3v) is 3.69. The van der Waals surface area contributed by atoms with Gasteiger partial charge in [0.2, 0.25) is 0 Å². The number of hydrogen-bond acceptors (Lipinski definition) is 4. The van der Waals surface area contributed by atoms with Crippen LogP contribution in [0.5, 0.6) is 0 Å². The lowest BCUT2D eigenvalue weighted by Gasteiger charge is -2.00. The van der Waals surface area contributed by atoms with Gasteiger partial charge in [0.05, 0.1) is 5.75 Å². The van der Waals surface area contributed by atoms with Crippen molar-refractivity contribution in [2.24, 2.45) is 0 Å². The topological polar surface area (TPSA) is 46.2 Å². The van der Waals surface area contributed by atoms with Crippen molar-refractivity contribution in [1.29, 1.82) is 0 Å². The highest BCUT2D eigenvalue weighted by atomic mass is 32.2. The zero-order valence-electron chi connectivity index (χ0n) is 8.41. The summed E-state index contributed by atoms with van der Waals surface area (Å²) in [6.07, 6.45) is 1.25. The van der Waals surface area contributed by atoms with Gasteiger partial charge in [-0.05, 0) is 19.1 Å². The molecule has 14 heavy (non-hydrogen) atoms. The van der Waals surface area contributed by atoms with E-state index in [1.165, 1.54) is 16.0 Å². The van der Waals surface area contributed by atoms with Crippen molar-refractivity contribution in [3.63, 3.8) is 0 Å². The number of rotatable bonds is 5. The van der Waals surface area contributed by atoms with Crippen LogP contribution in [0.25, 0.3) is 0 Å². The molecule has 1 heterocycles. The Labute approximate surface area is 89.1 Å². The number of sulfone groups is 1. The number of nitrogens with one attached hydrogen (secondary N) is 1. The van der Waals surface area contributed by atoms with Crippen molar-refractivity contribution in [3.8, 4) is 0 Å². The molecule has 0 bridgehead atoms. The normalized spacial score (nSPS) is 11.9. The summed E-state index contributed by atoms with van der Waals surface area (Å²) in [5.74, 6) is 0.206. The summed E-state index contributed by atoms with van der Waals surface area (Å²) in [5, 5.41) is 3.10. The fourth-order valence-corrected chi connectivity index (χ4v) is 2.42. The molecule has 0 saturated carbocycles. The van der Waals surface area contributed by atoms with Crippen LogP contribution in [0.4, 0.5) is 0 Å². The van der Waals surface area contributed by atoms with Gasteiger partial charge in [-0.2, -0.15) is 0 Å². The molecule has 0 unspecified atom stereocenters. The van der Waals surface area contributed by atoms with Gasteiger partial charge in [-0.25, -0.2) is 8.42 Å². The van der Waals surface area contributed by atoms with Gasteiger partial charge in [-0.1, -0.05) is 0 Å². The van der Waals surface area contributed by atoms with Crippen molar-refractivity contribution in [3.05, 3.63) is 21.9 Å². The Balaban J connectivity index is 2.23. The Morgan fingerprint density at radius 1 is 1.43 bits per heavy atom. The molecule has 5 heteroatoms. The summed E-state index contributed by atoms with van der Waals surface area (Å²) in [6, 6.07) is 4.13. The van der Waals surface area contributed by atoms with Gasteiger partial charge in [-0.15, -0.1) is 11.3 Å². The van der Waals surface area contributed by atoms with Crippen molar-refractivity contribution < 1.29 is 8.42 Å². The van der Waals surface area contributed by atoms with E-state index in [9.17, 15) is 8.42 Å². The number of thiophene rings is 1. The second-order valence-corrected chi connectivity index (χ2v) is 6.95. The van der Waals surface area contributed by atoms with Gasteiger partial charge in [0, 0.05) is 29.1 Å². The maximum Gasteiger partial charge on any atom is 0.148 e. The van der Waals surface area contributed by atoms with Crippen LogP contribution < -0.4 is 5.32 Å². The molecule has 0 radical (unpaired) electrons. The van der Waals surface area contributed by atoms with Crippen LogP contribution in [0.1, 0.15) is 9.75 Å². The fourth-order valence-electron chi connectivity index (χ4n) is 1.05. The Hall–Kier alpha value is -0.390. The summed E-state index contributed by atoms with van der Waals surface area (Å²) in [5.41, 5.74) is 0. The van der Waals surface area contributed by atoms with Gasteiger partial charge in [0.25, 0.3) is 0 Å². The Morgan fingerprint density at radius 3 is 2.64 bits per heavy atom. The van der Waals surface area contributed by atoms with Crippen molar-refractivity contribution in [1.82, 2.24) is 5.32 Å². The van der Waals surface area contributed by atoms with E-state index in [0.717, 1.165) is 6.54 Å². The number of hydrogen-bond donors (Lipinski definition) is 1. The number of aryl methyl sites for hydroxylation is 1. The molecular formula is C9H15NO2S2. The Kier molecular flexibility index (Phi) is 4.10. The van der Waals surface area contributed by atoms with E-state index in [0.29, 0.717) is 6.54 Å². The minimum absolute atomic E-state index is 0.206. The first kappa shape index (κ1) is 11.7. The maximum atomic E-state index is 10.8. The maximum absolute atomic E-state index is 10.8. The highest BCUT2D eigenvalue weighted by molar-refractivity contribution is 7.90. The van der Waals surface area contributed by atoms with Gasteiger partial charge in [0.1, 0.15) is 9.84 Å². The third kappa shape index (κ3) is 4.74. The molecular weight excluding hydrogens is 218 g/mol. The van der Waals surface area contributed by atoms with E-state index in [2.05, 4.69) is 24.4 Å². The largest absolute Gasteiger partial charge is 0.311 e. The highest BCUT2D eigenvalue weighted by Crippen LogP contribution is 2.14. The first-order valence-corrected chi connectivity index (χ1v) is 7.29. The fraction of sp³-hybridized carbons (Fsp3) is 0.556. The van der Waals surface area contributed by atoms with Crippen molar-refractivity contribution in [2.45, 2.75) is 13.5 Å². The van der Waals surface area contributed by atoms with Crippen LogP contribution >= 0.6 is 11.3 Å². The lowest BCUT2D eigenvalue weighted by atomic mass is 10.4. The summed E-state index contributed by atoms with van der Waals surface area (Å²) in [4.78, 5) is 2.53. The molecule has 1 rings (SSSR count). The smallest absolute Gasteiger partial charge is 0.148 e. The molecule has 0 amide bonds. The van der Waals surface area contributed by atoms with Crippen LogP contribution in [0, 0.1) is 6.92 Å². The van der Waals surface area contributed by atoms with Crippen LogP contribution in [0.3, 0.4) is 0 Å². The van der Waals surface area contributed by atoms with Gasteiger partial charge in [0.15, 0.2) is 0 Å². The molecule has 1 N–H and O–H groups in total. The first-order valence-electron chi connectivity index (χ1n) is 4.41. The second-order valence-electron chi connectivity index (χ2n) is 3.32. The summed E-state index contributed by atoms with van der Waals surface area (Å²) >= 11 is 1.73. The molecule has 3 nitrogen and oxygen atoms in total. The van der Waals surface area contributed by atoms with Gasteiger partial charge in [-0.3, -0.25) is 0 Å². The lowest BCUT2D eigenvalue weighted by molar-refractivity contribution is 0.596. The zero-order valence-corrected chi connectivity index (χ0v) is 10.0. The second kappa shape index (κ2) is 4.91. The molecule has 0 aliphatic heterocycles. The molecule has 0 aliphatic carbocycles. The monoisotopic (exact) mass is 233 g/mol. The molecule has 1 aromatic rings. The third-order valence-electron chi connectivity index (χ3n) is 1.74. The van der Waals surface area contributed by atoms with Crippen LogP contribution in [0.2, 0.25) is 0 Å². The van der Waals surface area contributed by atoms with Crippen molar-refractivity contribution >= 4 is 21.2 Å². The average Bonchev–Trinajstić information content (AvgIpc) is 2.44. The van der Waals surface area contributed by atoms with E-state index in [1.54, 1.807) is 11.3 Å². The Morgan fingerprint density at radius 2 is 2.14 bits per heavy atom. The van der Waals surface area contributed by atoms with Crippen molar-refractivity contribution in [2.75, 3.05) is 18.6 Å².